The summed E-state index contributed by atoms with van der Waals surface area (Å²) in [5.74, 6) is 0.403. The van der Waals surface area contributed by atoms with Gasteiger partial charge in [0.2, 0.25) is 5.13 Å². The van der Waals surface area contributed by atoms with Gasteiger partial charge in [-0.2, -0.15) is 0 Å². The lowest BCUT2D eigenvalue weighted by atomic mass is 10.2. The first-order chi connectivity index (χ1) is 12.1. The standard InChI is InChI=1S/C17H15FN4OS2/c1-11-2-8-14(9-3-11)19-15(23)20-16-21-22-17(25-16)24-10-12-4-6-13(18)7-5-12/h2-9H,10H2,1H3,(H2,19,20,21,23). The van der Waals surface area contributed by atoms with Gasteiger partial charge in [-0.1, -0.05) is 52.9 Å². The highest BCUT2D eigenvalue weighted by Crippen LogP contribution is 2.28. The van der Waals surface area contributed by atoms with Gasteiger partial charge in [-0.3, -0.25) is 5.32 Å². The second-order valence-electron chi connectivity index (χ2n) is 5.23. The van der Waals surface area contributed by atoms with Gasteiger partial charge in [0, 0.05) is 11.4 Å². The quantitative estimate of drug-likeness (QED) is 0.491. The molecule has 0 bridgehead atoms. The number of hydrogen-bond acceptors (Lipinski definition) is 5. The van der Waals surface area contributed by atoms with Gasteiger partial charge in [0.25, 0.3) is 0 Å². The average Bonchev–Trinajstić information content (AvgIpc) is 3.04. The lowest BCUT2D eigenvalue weighted by Gasteiger charge is -2.04. The van der Waals surface area contributed by atoms with Crippen molar-refractivity contribution >= 4 is 39.9 Å². The van der Waals surface area contributed by atoms with Crippen molar-refractivity contribution < 1.29 is 9.18 Å². The van der Waals surface area contributed by atoms with E-state index in [0.717, 1.165) is 15.5 Å². The number of amides is 2. The molecule has 0 aliphatic rings. The predicted molar refractivity (Wildman–Crippen MR) is 99.7 cm³/mol. The number of nitrogens with zero attached hydrogens (tertiary/aromatic N) is 2. The number of thioether (sulfide) groups is 1. The van der Waals surface area contributed by atoms with Crippen molar-refractivity contribution in [3.05, 3.63) is 65.5 Å². The van der Waals surface area contributed by atoms with E-state index >= 15 is 0 Å². The van der Waals surface area contributed by atoms with Gasteiger partial charge in [-0.05, 0) is 36.8 Å². The van der Waals surface area contributed by atoms with Gasteiger partial charge in [0.1, 0.15) is 5.82 Å². The van der Waals surface area contributed by atoms with Crippen LogP contribution in [0.2, 0.25) is 0 Å². The fourth-order valence-corrected chi connectivity index (χ4v) is 3.64. The third-order valence-electron chi connectivity index (χ3n) is 3.21. The number of anilines is 2. The van der Waals surface area contributed by atoms with E-state index in [9.17, 15) is 9.18 Å². The summed E-state index contributed by atoms with van der Waals surface area (Å²) in [7, 11) is 0. The van der Waals surface area contributed by atoms with Crippen molar-refractivity contribution in [2.75, 3.05) is 10.6 Å². The Kier molecular flexibility index (Phi) is 5.62. The van der Waals surface area contributed by atoms with Gasteiger partial charge in [0.05, 0.1) is 0 Å². The smallest absolute Gasteiger partial charge is 0.308 e. The van der Waals surface area contributed by atoms with Crippen LogP contribution in [0.4, 0.5) is 20.0 Å². The summed E-state index contributed by atoms with van der Waals surface area (Å²) in [6.45, 7) is 1.98. The molecule has 3 rings (SSSR count). The fraction of sp³-hybridized carbons (Fsp3) is 0.118. The van der Waals surface area contributed by atoms with Crippen LogP contribution in [0.5, 0.6) is 0 Å². The van der Waals surface area contributed by atoms with E-state index in [-0.39, 0.29) is 11.8 Å². The van der Waals surface area contributed by atoms with E-state index in [1.807, 2.05) is 31.2 Å². The molecule has 0 unspecified atom stereocenters. The molecular formula is C17H15FN4OS2. The van der Waals surface area contributed by atoms with Gasteiger partial charge < -0.3 is 5.32 Å². The minimum atomic E-state index is -0.366. The number of carbonyl (C=O) groups excluding carboxylic acids is 1. The van der Waals surface area contributed by atoms with E-state index in [0.29, 0.717) is 16.6 Å². The zero-order valence-corrected chi connectivity index (χ0v) is 15.0. The maximum absolute atomic E-state index is 12.9. The summed E-state index contributed by atoms with van der Waals surface area (Å²) in [6.07, 6.45) is 0. The molecule has 0 aliphatic heterocycles. The highest BCUT2D eigenvalue weighted by atomic mass is 32.2. The molecule has 0 radical (unpaired) electrons. The Labute approximate surface area is 152 Å². The lowest BCUT2D eigenvalue weighted by molar-refractivity contribution is 0.262. The first-order valence-electron chi connectivity index (χ1n) is 7.44. The molecule has 25 heavy (non-hydrogen) atoms. The summed E-state index contributed by atoms with van der Waals surface area (Å²) in [6, 6.07) is 13.5. The Bertz CT molecular complexity index is 850. The number of benzene rings is 2. The number of carbonyl (C=O) groups is 1. The molecule has 3 aromatic rings. The van der Waals surface area contributed by atoms with Crippen LogP contribution in [-0.2, 0) is 5.75 Å². The third-order valence-corrected chi connectivity index (χ3v) is 5.26. The van der Waals surface area contributed by atoms with Gasteiger partial charge in [0.15, 0.2) is 4.34 Å². The van der Waals surface area contributed by atoms with Gasteiger partial charge in [-0.15, -0.1) is 10.2 Å². The molecule has 0 fully saturated rings. The summed E-state index contributed by atoms with van der Waals surface area (Å²) in [5.41, 5.74) is 2.82. The average molecular weight is 374 g/mol. The predicted octanol–water partition coefficient (Wildman–Crippen LogP) is 4.92. The Morgan fingerprint density at radius 3 is 2.52 bits per heavy atom. The molecule has 1 aromatic heterocycles. The molecule has 128 valence electrons. The van der Waals surface area contributed by atoms with Crippen molar-refractivity contribution in [2.24, 2.45) is 0 Å². The second kappa shape index (κ2) is 8.09. The highest BCUT2D eigenvalue weighted by Gasteiger charge is 2.09. The third kappa shape index (κ3) is 5.27. The van der Waals surface area contributed by atoms with Crippen LogP contribution in [-0.4, -0.2) is 16.2 Å². The number of hydrogen-bond donors (Lipinski definition) is 2. The van der Waals surface area contributed by atoms with Gasteiger partial charge >= 0.3 is 6.03 Å². The Hall–Kier alpha value is -2.45. The Balaban J connectivity index is 1.51. The van der Waals surface area contributed by atoms with E-state index in [1.54, 1.807) is 12.1 Å². The van der Waals surface area contributed by atoms with Crippen LogP contribution in [0.15, 0.2) is 52.9 Å². The molecule has 2 N–H and O–H groups in total. The van der Waals surface area contributed by atoms with E-state index in [1.165, 1.54) is 35.2 Å². The summed E-state index contributed by atoms with van der Waals surface area (Å²) >= 11 is 2.77. The molecule has 5 nitrogen and oxygen atoms in total. The number of urea groups is 1. The van der Waals surface area contributed by atoms with Crippen LogP contribution in [0.1, 0.15) is 11.1 Å². The number of nitrogens with one attached hydrogen (secondary N) is 2. The zero-order valence-electron chi connectivity index (χ0n) is 13.3. The van der Waals surface area contributed by atoms with E-state index in [4.69, 9.17) is 0 Å². The van der Waals surface area contributed by atoms with E-state index < -0.39 is 0 Å². The minimum Gasteiger partial charge on any atom is -0.308 e. The molecule has 2 amide bonds. The van der Waals surface area contributed by atoms with Crippen LogP contribution < -0.4 is 10.6 Å². The van der Waals surface area contributed by atoms with Crippen LogP contribution in [0, 0.1) is 12.7 Å². The molecule has 0 spiro atoms. The normalized spacial score (nSPS) is 10.5. The SMILES string of the molecule is Cc1ccc(NC(=O)Nc2nnc(SCc3ccc(F)cc3)s2)cc1. The first kappa shape index (κ1) is 17.4. The van der Waals surface area contributed by atoms with Crippen LogP contribution in [0.25, 0.3) is 0 Å². The maximum atomic E-state index is 12.9. The lowest BCUT2D eigenvalue weighted by Crippen LogP contribution is -2.19. The van der Waals surface area contributed by atoms with Crippen LogP contribution >= 0.6 is 23.1 Å². The Morgan fingerprint density at radius 2 is 1.80 bits per heavy atom. The molecule has 2 aromatic carbocycles. The minimum absolute atomic E-state index is 0.254. The molecule has 1 heterocycles. The highest BCUT2D eigenvalue weighted by molar-refractivity contribution is 8.00. The van der Waals surface area contributed by atoms with Crippen molar-refractivity contribution in [1.82, 2.24) is 10.2 Å². The van der Waals surface area contributed by atoms with Crippen molar-refractivity contribution in [3.63, 3.8) is 0 Å². The van der Waals surface area contributed by atoms with Crippen LogP contribution in [0.3, 0.4) is 0 Å². The molecule has 0 saturated carbocycles. The van der Waals surface area contributed by atoms with E-state index in [2.05, 4.69) is 20.8 Å². The molecule has 8 heteroatoms. The summed E-state index contributed by atoms with van der Waals surface area (Å²) in [4.78, 5) is 12.0. The zero-order chi connectivity index (χ0) is 17.6. The van der Waals surface area contributed by atoms with Gasteiger partial charge in [-0.25, -0.2) is 9.18 Å². The number of aromatic nitrogens is 2. The maximum Gasteiger partial charge on any atom is 0.325 e. The molecular weight excluding hydrogens is 359 g/mol. The number of aryl methyl sites for hydroxylation is 1. The largest absolute Gasteiger partial charge is 0.325 e. The fourth-order valence-electron chi connectivity index (χ4n) is 1.94. The first-order valence-corrected chi connectivity index (χ1v) is 9.24. The Morgan fingerprint density at radius 1 is 1.08 bits per heavy atom. The monoisotopic (exact) mass is 374 g/mol. The summed E-state index contributed by atoms with van der Waals surface area (Å²) < 4.78 is 13.6. The topological polar surface area (TPSA) is 66.9 Å². The molecule has 0 atom stereocenters. The van der Waals surface area contributed by atoms with Crippen molar-refractivity contribution in [3.8, 4) is 0 Å². The summed E-state index contributed by atoms with van der Waals surface area (Å²) in [5, 5.41) is 13.8. The molecule has 0 saturated heterocycles. The van der Waals surface area contributed by atoms with Crippen molar-refractivity contribution in [1.29, 1.82) is 0 Å². The molecule has 0 aliphatic carbocycles. The number of halogens is 1. The number of rotatable bonds is 5. The second-order valence-corrected chi connectivity index (χ2v) is 7.43. The van der Waals surface area contributed by atoms with Crippen molar-refractivity contribution in [2.45, 2.75) is 17.0 Å².